The number of carbonyl (C=O) groups excluding carboxylic acids is 1. The summed E-state index contributed by atoms with van der Waals surface area (Å²) in [5.41, 5.74) is 0.845. The third kappa shape index (κ3) is 4.51. The highest BCUT2D eigenvalue weighted by Gasteiger charge is 2.22. The summed E-state index contributed by atoms with van der Waals surface area (Å²) >= 11 is 0. The monoisotopic (exact) mass is 317 g/mol. The Morgan fingerprint density at radius 2 is 2.17 bits per heavy atom. The summed E-state index contributed by atoms with van der Waals surface area (Å²) in [4.78, 5) is 22.5. The van der Waals surface area contributed by atoms with E-state index in [9.17, 15) is 4.79 Å². The molecule has 124 valence electrons. The van der Waals surface area contributed by atoms with Gasteiger partial charge in [0.1, 0.15) is 0 Å². The lowest BCUT2D eigenvalue weighted by Crippen LogP contribution is -2.41. The van der Waals surface area contributed by atoms with Crippen molar-refractivity contribution in [1.82, 2.24) is 25.3 Å². The zero-order valence-electron chi connectivity index (χ0n) is 14.0. The van der Waals surface area contributed by atoms with Gasteiger partial charge in [0.25, 0.3) is 0 Å². The Kier molecular flexibility index (Phi) is 5.67. The molecule has 0 unspecified atom stereocenters. The van der Waals surface area contributed by atoms with Crippen LogP contribution >= 0.6 is 0 Å². The molecule has 2 amide bonds. The number of aryl methyl sites for hydroxylation is 1. The molecule has 2 aromatic heterocycles. The van der Waals surface area contributed by atoms with E-state index in [0.29, 0.717) is 24.7 Å². The number of nitrogens with zero attached hydrogens (tertiary/aromatic N) is 4. The third-order valence-corrected chi connectivity index (χ3v) is 3.49. The second-order valence-electron chi connectivity index (χ2n) is 5.74. The van der Waals surface area contributed by atoms with E-state index in [1.807, 2.05) is 39.0 Å². The van der Waals surface area contributed by atoms with Crippen molar-refractivity contribution in [3.05, 3.63) is 41.8 Å². The predicted molar refractivity (Wildman–Crippen MR) is 85.5 cm³/mol. The molecule has 0 saturated heterocycles. The highest BCUT2D eigenvalue weighted by Crippen LogP contribution is 2.19. The van der Waals surface area contributed by atoms with Crippen molar-refractivity contribution in [2.75, 3.05) is 7.05 Å². The Balaban J connectivity index is 2.00. The van der Waals surface area contributed by atoms with Gasteiger partial charge in [0.05, 0.1) is 18.3 Å². The van der Waals surface area contributed by atoms with Crippen LogP contribution in [0.2, 0.25) is 0 Å². The molecule has 0 fully saturated rings. The summed E-state index contributed by atoms with van der Waals surface area (Å²) in [6, 6.07) is 5.34. The molecule has 1 N–H and O–H groups in total. The van der Waals surface area contributed by atoms with Crippen molar-refractivity contribution in [2.24, 2.45) is 5.92 Å². The van der Waals surface area contributed by atoms with Crippen LogP contribution in [-0.2, 0) is 13.0 Å². The minimum absolute atomic E-state index is 0.150. The van der Waals surface area contributed by atoms with Gasteiger partial charge in [-0.15, -0.1) is 0 Å². The van der Waals surface area contributed by atoms with E-state index in [-0.39, 0.29) is 18.0 Å². The molecule has 2 rings (SSSR count). The molecule has 0 aliphatic heterocycles. The first-order chi connectivity index (χ1) is 11.0. The van der Waals surface area contributed by atoms with Crippen LogP contribution < -0.4 is 5.32 Å². The number of pyridine rings is 1. The summed E-state index contributed by atoms with van der Waals surface area (Å²) in [5.74, 6) is 1.29. The first-order valence-electron chi connectivity index (χ1n) is 7.75. The summed E-state index contributed by atoms with van der Waals surface area (Å²) in [5, 5.41) is 6.87. The van der Waals surface area contributed by atoms with E-state index in [1.165, 1.54) is 4.90 Å². The molecule has 7 heteroatoms. The average Bonchev–Trinajstić information content (AvgIpc) is 3.00. The van der Waals surface area contributed by atoms with Crippen LogP contribution in [0.5, 0.6) is 0 Å². The van der Waals surface area contributed by atoms with Crippen molar-refractivity contribution in [3.8, 4) is 0 Å². The normalized spacial score (nSPS) is 12.2. The lowest BCUT2D eigenvalue weighted by atomic mass is 10.0. The van der Waals surface area contributed by atoms with Gasteiger partial charge in [-0.1, -0.05) is 32.0 Å². The number of hydrogen-bond donors (Lipinski definition) is 1. The van der Waals surface area contributed by atoms with Gasteiger partial charge in [0, 0.05) is 19.7 Å². The zero-order chi connectivity index (χ0) is 16.8. The van der Waals surface area contributed by atoms with Gasteiger partial charge < -0.3 is 14.7 Å². The quantitative estimate of drug-likeness (QED) is 0.885. The number of carbonyl (C=O) groups is 1. The first-order valence-corrected chi connectivity index (χ1v) is 7.75. The standard InChI is InChI=1S/C16H23N5O2/c1-5-14-18-13(20-23-14)10-21(4)16(22)19-15(11(2)3)12-8-6-7-9-17-12/h6-9,11,15H,5,10H2,1-4H3,(H,19,22)/t15-/m1/s1. The summed E-state index contributed by atoms with van der Waals surface area (Å²) in [6.07, 6.45) is 2.41. The summed E-state index contributed by atoms with van der Waals surface area (Å²) in [7, 11) is 1.70. The minimum Gasteiger partial charge on any atom is -0.339 e. The van der Waals surface area contributed by atoms with Crippen LogP contribution in [-0.4, -0.2) is 33.1 Å². The van der Waals surface area contributed by atoms with Gasteiger partial charge in [0.15, 0.2) is 5.82 Å². The molecule has 23 heavy (non-hydrogen) atoms. The number of hydrogen-bond acceptors (Lipinski definition) is 5. The molecule has 2 aromatic rings. The molecule has 7 nitrogen and oxygen atoms in total. The second kappa shape index (κ2) is 7.71. The molecule has 0 saturated carbocycles. The Hall–Kier alpha value is -2.44. The number of urea groups is 1. The van der Waals surface area contributed by atoms with Crippen molar-refractivity contribution in [1.29, 1.82) is 0 Å². The van der Waals surface area contributed by atoms with E-state index in [2.05, 4.69) is 20.4 Å². The van der Waals surface area contributed by atoms with E-state index in [1.54, 1.807) is 13.2 Å². The summed E-state index contributed by atoms with van der Waals surface area (Å²) in [6.45, 7) is 6.33. The van der Waals surface area contributed by atoms with Crippen LogP contribution in [0.25, 0.3) is 0 Å². The van der Waals surface area contributed by atoms with E-state index in [4.69, 9.17) is 4.52 Å². The highest BCUT2D eigenvalue weighted by molar-refractivity contribution is 5.74. The topological polar surface area (TPSA) is 84.2 Å². The Labute approximate surface area is 136 Å². The molecule has 0 aromatic carbocycles. The molecule has 1 atom stereocenters. The molecule has 2 heterocycles. The third-order valence-electron chi connectivity index (χ3n) is 3.49. The van der Waals surface area contributed by atoms with Crippen LogP contribution in [0.3, 0.4) is 0 Å². The smallest absolute Gasteiger partial charge is 0.318 e. The van der Waals surface area contributed by atoms with Crippen molar-refractivity contribution in [3.63, 3.8) is 0 Å². The molecule has 0 aliphatic carbocycles. The fourth-order valence-corrected chi connectivity index (χ4v) is 2.17. The lowest BCUT2D eigenvalue weighted by Gasteiger charge is -2.25. The Morgan fingerprint density at radius 1 is 1.39 bits per heavy atom. The lowest BCUT2D eigenvalue weighted by molar-refractivity contribution is 0.196. The largest absolute Gasteiger partial charge is 0.339 e. The van der Waals surface area contributed by atoms with Gasteiger partial charge in [-0.05, 0) is 18.1 Å². The number of nitrogens with one attached hydrogen (secondary N) is 1. The maximum Gasteiger partial charge on any atom is 0.318 e. The molecular formula is C16H23N5O2. The highest BCUT2D eigenvalue weighted by atomic mass is 16.5. The second-order valence-corrected chi connectivity index (χ2v) is 5.74. The van der Waals surface area contributed by atoms with Gasteiger partial charge in [-0.3, -0.25) is 4.98 Å². The predicted octanol–water partition coefficient (Wildman–Crippen LogP) is 2.57. The van der Waals surface area contributed by atoms with Crippen molar-refractivity contribution < 1.29 is 9.32 Å². The maximum absolute atomic E-state index is 12.4. The van der Waals surface area contributed by atoms with Crippen molar-refractivity contribution >= 4 is 6.03 Å². The Morgan fingerprint density at radius 3 is 2.74 bits per heavy atom. The van der Waals surface area contributed by atoms with Crippen LogP contribution in [0.4, 0.5) is 4.79 Å². The van der Waals surface area contributed by atoms with E-state index in [0.717, 1.165) is 5.69 Å². The van der Waals surface area contributed by atoms with Crippen LogP contribution in [0.15, 0.2) is 28.9 Å². The van der Waals surface area contributed by atoms with Crippen LogP contribution in [0, 0.1) is 5.92 Å². The van der Waals surface area contributed by atoms with E-state index < -0.39 is 0 Å². The fourth-order valence-electron chi connectivity index (χ4n) is 2.17. The molecule has 0 radical (unpaired) electrons. The molecule has 0 aliphatic rings. The van der Waals surface area contributed by atoms with Gasteiger partial charge in [0.2, 0.25) is 5.89 Å². The van der Waals surface area contributed by atoms with Gasteiger partial charge in [-0.2, -0.15) is 4.98 Å². The summed E-state index contributed by atoms with van der Waals surface area (Å²) < 4.78 is 5.05. The van der Waals surface area contributed by atoms with Crippen LogP contribution in [0.1, 0.15) is 44.2 Å². The van der Waals surface area contributed by atoms with Gasteiger partial charge >= 0.3 is 6.03 Å². The van der Waals surface area contributed by atoms with E-state index >= 15 is 0 Å². The molecule has 0 bridgehead atoms. The molecular weight excluding hydrogens is 294 g/mol. The number of amides is 2. The minimum atomic E-state index is -0.197. The van der Waals surface area contributed by atoms with Crippen molar-refractivity contribution in [2.45, 2.75) is 39.8 Å². The maximum atomic E-state index is 12.4. The molecule has 0 spiro atoms. The number of aromatic nitrogens is 3. The van der Waals surface area contributed by atoms with Gasteiger partial charge in [-0.25, -0.2) is 4.79 Å². The Bertz CT molecular complexity index is 626. The number of rotatable bonds is 6. The first kappa shape index (κ1) is 16.9. The zero-order valence-corrected chi connectivity index (χ0v) is 14.0. The fraction of sp³-hybridized carbons (Fsp3) is 0.500. The average molecular weight is 317 g/mol. The SMILES string of the molecule is CCc1nc(CN(C)C(=O)N[C@@H](c2ccccn2)C(C)C)no1.